The molecule has 0 spiro atoms. The quantitative estimate of drug-likeness (QED) is 0.759. The number of furan rings is 1. The monoisotopic (exact) mass is 205 g/mol. The fraction of sp³-hybridized carbons (Fsp3) is 0.143. The molecule has 0 atom stereocenters. The number of hydrogen-bond acceptors (Lipinski definition) is 3. The normalized spacial score (nSPS) is 11.0. The van der Waals surface area contributed by atoms with Crippen molar-refractivity contribution in [2.75, 3.05) is 0 Å². The summed E-state index contributed by atoms with van der Waals surface area (Å²) in [6.07, 6.45) is -4.91. The molecule has 1 aromatic heterocycles. The zero-order chi connectivity index (χ0) is 10.9. The molecule has 1 aromatic rings. The first-order valence-corrected chi connectivity index (χ1v) is 3.20. The zero-order valence-electron chi connectivity index (χ0n) is 6.42. The molecule has 74 valence electrons. The Bertz CT molecular complexity index is 413. The number of alkyl halides is 3. The van der Waals surface area contributed by atoms with Gasteiger partial charge in [-0.25, -0.2) is 4.79 Å². The van der Waals surface area contributed by atoms with Crippen LogP contribution in [0.1, 0.15) is 21.9 Å². The lowest BCUT2D eigenvalue weighted by molar-refractivity contribution is -0.153. The van der Waals surface area contributed by atoms with Crippen molar-refractivity contribution in [3.63, 3.8) is 0 Å². The molecule has 7 heteroatoms. The second kappa shape index (κ2) is 3.06. The molecule has 0 aliphatic rings. The van der Waals surface area contributed by atoms with Crippen molar-refractivity contribution in [2.45, 2.75) is 6.18 Å². The van der Waals surface area contributed by atoms with Gasteiger partial charge in [-0.05, 0) is 0 Å². The highest BCUT2D eigenvalue weighted by molar-refractivity contribution is 5.89. The number of rotatable bonds is 1. The molecule has 0 aliphatic heterocycles. The molecule has 1 heterocycles. The zero-order valence-corrected chi connectivity index (χ0v) is 6.42. The van der Waals surface area contributed by atoms with Gasteiger partial charge in [0.25, 0.3) is 0 Å². The third kappa shape index (κ3) is 1.69. The van der Waals surface area contributed by atoms with E-state index in [1.165, 1.54) is 6.07 Å². The molecule has 0 fully saturated rings. The Morgan fingerprint density at radius 3 is 2.43 bits per heavy atom. The Morgan fingerprint density at radius 1 is 1.57 bits per heavy atom. The van der Waals surface area contributed by atoms with Gasteiger partial charge in [0.2, 0.25) is 11.5 Å². The summed E-state index contributed by atoms with van der Waals surface area (Å²) in [6, 6.07) is 1.82. The molecule has 0 amide bonds. The molecule has 0 aliphatic carbocycles. The van der Waals surface area contributed by atoms with Gasteiger partial charge in [-0.2, -0.15) is 18.4 Å². The Morgan fingerprint density at radius 2 is 2.14 bits per heavy atom. The Balaban J connectivity index is 3.36. The molecule has 0 aromatic carbocycles. The van der Waals surface area contributed by atoms with E-state index < -0.39 is 29.2 Å². The van der Waals surface area contributed by atoms with Crippen LogP contribution in [0.15, 0.2) is 10.5 Å². The van der Waals surface area contributed by atoms with Crippen LogP contribution >= 0.6 is 0 Å². The molecule has 14 heavy (non-hydrogen) atoms. The van der Waals surface area contributed by atoms with Crippen molar-refractivity contribution < 1.29 is 27.5 Å². The lowest BCUT2D eigenvalue weighted by Gasteiger charge is -2.02. The van der Waals surface area contributed by atoms with Crippen molar-refractivity contribution in [1.82, 2.24) is 0 Å². The van der Waals surface area contributed by atoms with Crippen LogP contribution in [0.2, 0.25) is 0 Å². The smallest absolute Gasteiger partial charge is 0.450 e. The van der Waals surface area contributed by atoms with E-state index in [2.05, 4.69) is 4.42 Å². The summed E-state index contributed by atoms with van der Waals surface area (Å²) in [6.45, 7) is 0. The van der Waals surface area contributed by atoms with Crippen molar-refractivity contribution in [3.05, 3.63) is 23.2 Å². The fourth-order valence-electron chi connectivity index (χ4n) is 0.816. The first-order chi connectivity index (χ1) is 6.36. The van der Waals surface area contributed by atoms with Gasteiger partial charge in [-0.15, -0.1) is 0 Å². The molecule has 4 nitrogen and oxygen atoms in total. The van der Waals surface area contributed by atoms with Crippen LogP contribution in [-0.4, -0.2) is 11.1 Å². The predicted octanol–water partition coefficient (Wildman–Crippen LogP) is 1.87. The van der Waals surface area contributed by atoms with E-state index in [1.54, 1.807) is 0 Å². The molecule has 0 saturated carbocycles. The first kappa shape index (κ1) is 10.1. The minimum absolute atomic E-state index is 0.533. The minimum atomic E-state index is -4.91. The highest BCUT2D eigenvalue weighted by atomic mass is 19.4. The van der Waals surface area contributed by atoms with E-state index in [0.717, 1.165) is 0 Å². The van der Waals surface area contributed by atoms with E-state index in [9.17, 15) is 18.0 Å². The standard InChI is InChI=1S/C7H2F3NO3/c8-7(9,10)5-4(6(12)13)1-3(2-11)14-5/h1H,(H,12,13). The number of carbonyl (C=O) groups is 1. The van der Waals surface area contributed by atoms with Crippen LogP contribution in [0.5, 0.6) is 0 Å². The van der Waals surface area contributed by atoms with E-state index in [4.69, 9.17) is 10.4 Å². The van der Waals surface area contributed by atoms with Crippen LogP contribution in [0.4, 0.5) is 13.2 Å². The molecule has 1 N–H and O–H groups in total. The number of halogens is 3. The number of aromatic carboxylic acids is 1. The second-order valence-corrected chi connectivity index (χ2v) is 2.27. The second-order valence-electron chi connectivity index (χ2n) is 2.27. The average Bonchev–Trinajstić information content (AvgIpc) is 2.46. The summed E-state index contributed by atoms with van der Waals surface area (Å²) in [7, 11) is 0. The lowest BCUT2D eigenvalue weighted by atomic mass is 10.2. The average molecular weight is 205 g/mol. The van der Waals surface area contributed by atoms with Crippen LogP contribution in [-0.2, 0) is 6.18 Å². The number of carboxylic acid groups (broad SMARTS) is 1. The van der Waals surface area contributed by atoms with Crippen molar-refractivity contribution in [1.29, 1.82) is 5.26 Å². The highest BCUT2D eigenvalue weighted by Gasteiger charge is 2.40. The van der Waals surface area contributed by atoms with E-state index in [1.807, 2.05) is 0 Å². The molecule has 0 bridgehead atoms. The van der Waals surface area contributed by atoms with Crippen molar-refractivity contribution >= 4 is 5.97 Å². The van der Waals surface area contributed by atoms with Gasteiger partial charge in [-0.1, -0.05) is 0 Å². The molecule has 0 radical (unpaired) electrons. The maximum atomic E-state index is 12.1. The Labute approximate surface area is 75.2 Å². The number of nitrogens with zero attached hydrogens (tertiary/aromatic N) is 1. The highest BCUT2D eigenvalue weighted by Crippen LogP contribution is 2.33. The third-order valence-electron chi connectivity index (χ3n) is 1.33. The molecular formula is C7H2F3NO3. The van der Waals surface area contributed by atoms with Crippen LogP contribution < -0.4 is 0 Å². The van der Waals surface area contributed by atoms with Crippen LogP contribution in [0.3, 0.4) is 0 Å². The van der Waals surface area contributed by atoms with E-state index in [-0.39, 0.29) is 0 Å². The van der Waals surface area contributed by atoms with Gasteiger partial charge in [-0.3, -0.25) is 0 Å². The maximum absolute atomic E-state index is 12.1. The lowest BCUT2D eigenvalue weighted by Crippen LogP contribution is -2.09. The van der Waals surface area contributed by atoms with Crippen LogP contribution in [0, 0.1) is 11.3 Å². The number of hydrogen-bond donors (Lipinski definition) is 1. The number of carboxylic acids is 1. The van der Waals surface area contributed by atoms with E-state index in [0.29, 0.717) is 6.07 Å². The molecule has 0 unspecified atom stereocenters. The number of nitriles is 1. The van der Waals surface area contributed by atoms with Gasteiger partial charge < -0.3 is 9.52 Å². The fourth-order valence-corrected chi connectivity index (χ4v) is 0.816. The van der Waals surface area contributed by atoms with Gasteiger partial charge in [0.05, 0.1) is 0 Å². The summed E-state index contributed by atoms with van der Waals surface area (Å²) in [5.41, 5.74) is -1.06. The summed E-state index contributed by atoms with van der Waals surface area (Å²) >= 11 is 0. The van der Waals surface area contributed by atoms with Gasteiger partial charge in [0.15, 0.2) is 0 Å². The van der Waals surface area contributed by atoms with Crippen LogP contribution in [0.25, 0.3) is 0 Å². The van der Waals surface area contributed by atoms with Gasteiger partial charge in [0.1, 0.15) is 11.6 Å². The van der Waals surface area contributed by atoms with Crippen molar-refractivity contribution in [2.24, 2.45) is 0 Å². The summed E-state index contributed by atoms with van der Waals surface area (Å²) in [5.74, 6) is -4.14. The topological polar surface area (TPSA) is 74.2 Å². The summed E-state index contributed by atoms with van der Waals surface area (Å²) < 4.78 is 40.3. The Kier molecular flexibility index (Phi) is 2.21. The molecule has 1 rings (SSSR count). The molecule has 0 saturated heterocycles. The summed E-state index contributed by atoms with van der Waals surface area (Å²) in [4.78, 5) is 10.3. The van der Waals surface area contributed by atoms with Crippen molar-refractivity contribution in [3.8, 4) is 6.07 Å². The van der Waals surface area contributed by atoms with E-state index >= 15 is 0 Å². The summed E-state index contributed by atoms with van der Waals surface area (Å²) in [5, 5.41) is 16.6. The van der Waals surface area contributed by atoms with Gasteiger partial charge >= 0.3 is 12.1 Å². The van der Waals surface area contributed by atoms with Gasteiger partial charge in [0, 0.05) is 6.07 Å². The minimum Gasteiger partial charge on any atom is -0.478 e. The molecular weight excluding hydrogens is 203 g/mol. The Hall–Kier alpha value is -1.97. The largest absolute Gasteiger partial charge is 0.478 e. The maximum Gasteiger partial charge on any atom is 0.450 e. The SMILES string of the molecule is N#Cc1cc(C(=O)O)c(C(F)(F)F)o1. The third-order valence-corrected chi connectivity index (χ3v) is 1.33. The first-order valence-electron chi connectivity index (χ1n) is 3.20. The predicted molar refractivity (Wildman–Crippen MR) is 35.4 cm³/mol.